The molecule has 1 rings (SSSR count). The molecule has 0 aliphatic carbocycles. The second kappa shape index (κ2) is 6.48. The van der Waals surface area contributed by atoms with E-state index in [1.54, 1.807) is 13.2 Å². The Kier molecular flexibility index (Phi) is 5.57. The topological polar surface area (TPSA) is 21.3 Å². The predicted octanol–water partition coefficient (Wildman–Crippen LogP) is 4.31. The average Bonchev–Trinajstić information content (AvgIpc) is 2.28. The maximum Gasteiger partial charge on any atom is 0.138 e. The van der Waals surface area contributed by atoms with Crippen molar-refractivity contribution >= 4 is 23.2 Å². The van der Waals surface area contributed by atoms with Crippen LogP contribution in [0.5, 0.6) is 5.75 Å². The quantitative estimate of drug-likeness (QED) is 0.865. The van der Waals surface area contributed by atoms with E-state index in [9.17, 15) is 0 Å². The summed E-state index contributed by atoms with van der Waals surface area (Å²) in [6, 6.07) is 3.86. The number of halogens is 2. The van der Waals surface area contributed by atoms with Crippen molar-refractivity contribution < 1.29 is 4.74 Å². The predicted molar refractivity (Wildman–Crippen MR) is 74.3 cm³/mol. The summed E-state index contributed by atoms with van der Waals surface area (Å²) in [7, 11) is 3.52. The van der Waals surface area contributed by atoms with Crippen molar-refractivity contribution in [3.8, 4) is 5.75 Å². The third-order valence-corrected chi connectivity index (χ3v) is 3.32. The molecule has 96 valence electrons. The third-order valence-electron chi connectivity index (χ3n) is 2.70. The van der Waals surface area contributed by atoms with Gasteiger partial charge in [-0.05, 0) is 31.0 Å². The van der Waals surface area contributed by atoms with Crippen molar-refractivity contribution in [2.45, 2.75) is 26.3 Å². The maximum atomic E-state index is 6.26. The highest BCUT2D eigenvalue weighted by Crippen LogP contribution is 2.35. The SMILES string of the molecule is CNC(CC(C)C)c1cc(Cl)c(OC)cc1Cl. The van der Waals surface area contributed by atoms with Crippen molar-refractivity contribution in [1.29, 1.82) is 0 Å². The van der Waals surface area contributed by atoms with E-state index in [0.29, 0.717) is 21.7 Å². The van der Waals surface area contributed by atoms with Gasteiger partial charge in [-0.15, -0.1) is 0 Å². The summed E-state index contributed by atoms with van der Waals surface area (Å²) < 4.78 is 5.14. The molecule has 0 saturated carbocycles. The Hall–Kier alpha value is -0.440. The Balaban J connectivity index is 3.07. The first-order chi connectivity index (χ1) is 7.99. The molecule has 0 radical (unpaired) electrons. The van der Waals surface area contributed by atoms with Gasteiger partial charge >= 0.3 is 0 Å². The zero-order chi connectivity index (χ0) is 13.0. The highest BCUT2D eigenvalue weighted by molar-refractivity contribution is 6.34. The van der Waals surface area contributed by atoms with Crippen LogP contribution >= 0.6 is 23.2 Å². The zero-order valence-corrected chi connectivity index (χ0v) is 12.2. The minimum absolute atomic E-state index is 0.214. The molecule has 0 amide bonds. The Morgan fingerprint density at radius 3 is 2.35 bits per heavy atom. The summed E-state index contributed by atoms with van der Waals surface area (Å²) in [5.41, 5.74) is 1.02. The standard InChI is InChI=1S/C13H19Cl2NO/c1-8(2)5-12(16-3)9-6-11(15)13(17-4)7-10(9)14/h6-8,12,16H,5H2,1-4H3. The van der Waals surface area contributed by atoms with E-state index in [1.807, 2.05) is 13.1 Å². The second-order valence-corrected chi connectivity index (χ2v) is 5.29. The van der Waals surface area contributed by atoms with Crippen LogP contribution < -0.4 is 10.1 Å². The first-order valence-electron chi connectivity index (χ1n) is 5.69. The largest absolute Gasteiger partial charge is 0.495 e. The zero-order valence-electron chi connectivity index (χ0n) is 10.7. The van der Waals surface area contributed by atoms with Crippen LogP contribution in [0.25, 0.3) is 0 Å². The maximum absolute atomic E-state index is 6.26. The van der Waals surface area contributed by atoms with Crippen LogP contribution in [0, 0.1) is 5.92 Å². The first kappa shape index (κ1) is 14.6. The second-order valence-electron chi connectivity index (χ2n) is 4.48. The Bertz CT molecular complexity index is 380. The average molecular weight is 276 g/mol. The molecule has 1 aromatic carbocycles. The van der Waals surface area contributed by atoms with Crippen LogP contribution in [-0.4, -0.2) is 14.2 Å². The van der Waals surface area contributed by atoms with E-state index in [0.717, 1.165) is 12.0 Å². The van der Waals surface area contributed by atoms with Gasteiger partial charge in [-0.2, -0.15) is 0 Å². The molecule has 0 aliphatic rings. The summed E-state index contributed by atoms with van der Waals surface area (Å²) in [5.74, 6) is 1.20. The molecule has 1 atom stereocenters. The molecule has 1 aromatic rings. The van der Waals surface area contributed by atoms with Crippen LogP contribution in [-0.2, 0) is 0 Å². The summed E-state index contributed by atoms with van der Waals surface area (Å²) >= 11 is 12.4. The van der Waals surface area contributed by atoms with Gasteiger partial charge in [-0.25, -0.2) is 0 Å². The number of ether oxygens (including phenoxy) is 1. The van der Waals surface area contributed by atoms with Crippen molar-refractivity contribution in [2.24, 2.45) is 5.92 Å². The first-order valence-corrected chi connectivity index (χ1v) is 6.45. The monoisotopic (exact) mass is 275 g/mol. The number of rotatable bonds is 5. The van der Waals surface area contributed by atoms with Gasteiger partial charge in [0.15, 0.2) is 0 Å². The number of benzene rings is 1. The highest BCUT2D eigenvalue weighted by atomic mass is 35.5. The lowest BCUT2D eigenvalue weighted by Crippen LogP contribution is -2.18. The van der Waals surface area contributed by atoms with E-state index >= 15 is 0 Å². The summed E-state index contributed by atoms with van der Waals surface area (Å²) in [6.07, 6.45) is 1.01. The Morgan fingerprint density at radius 1 is 1.24 bits per heavy atom. The molecule has 0 aromatic heterocycles. The number of hydrogen-bond donors (Lipinski definition) is 1. The lowest BCUT2D eigenvalue weighted by molar-refractivity contribution is 0.414. The molecule has 0 spiro atoms. The Morgan fingerprint density at radius 2 is 1.88 bits per heavy atom. The van der Waals surface area contributed by atoms with Gasteiger partial charge in [-0.1, -0.05) is 37.0 Å². The normalized spacial score (nSPS) is 12.9. The molecule has 0 aliphatic heterocycles. The summed E-state index contributed by atoms with van der Waals surface area (Å²) in [6.45, 7) is 4.37. The van der Waals surface area contributed by atoms with Gasteiger partial charge in [0.1, 0.15) is 5.75 Å². The smallest absolute Gasteiger partial charge is 0.138 e. The molecule has 1 N–H and O–H groups in total. The van der Waals surface area contributed by atoms with Crippen LogP contribution in [0.3, 0.4) is 0 Å². The lowest BCUT2D eigenvalue weighted by Gasteiger charge is -2.21. The highest BCUT2D eigenvalue weighted by Gasteiger charge is 2.17. The molecular weight excluding hydrogens is 257 g/mol. The van der Waals surface area contributed by atoms with E-state index < -0.39 is 0 Å². The van der Waals surface area contributed by atoms with E-state index in [4.69, 9.17) is 27.9 Å². The van der Waals surface area contributed by atoms with Crippen LogP contribution in [0.15, 0.2) is 12.1 Å². The minimum Gasteiger partial charge on any atom is -0.495 e. The molecule has 0 saturated heterocycles. The van der Waals surface area contributed by atoms with Crippen LogP contribution in [0.4, 0.5) is 0 Å². The van der Waals surface area contributed by atoms with E-state index in [1.165, 1.54) is 0 Å². The van der Waals surface area contributed by atoms with Crippen molar-refractivity contribution in [3.63, 3.8) is 0 Å². The molecule has 17 heavy (non-hydrogen) atoms. The lowest BCUT2D eigenvalue weighted by atomic mass is 9.97. The Labute approximate surface area is 113 Å². The molecular formula is C13H19Cl2NO. The number of nitrogens with one attached hydrogen (secondary N) is 1. The van der Waals surface area contributed by atoms with Gasteiger partial charge < -0.3 is 10.1 Å². The molecule has 0 bridgehead atoms. The van der Waals surface area contributed by atoms with Crippen LogP contribution in [0.1, 0.15) is 31.9 Å². The minimum atomic E-state index is 0.214. The van der Waals surface area contributed by atoms with E-state index in [2.05, 4.69) is 19.2 Å². The summed E-state index contributed by atoms with van der Waals surface area (Å²) in [5, 5.41) is 4.55. The fourth-order valence-corrected chi connectivity index (χ4v) is 2.37. The molecule has 4 heteroatoms. The molecule has 0 fully saturated rings. The van der Waals surface area contributed by atoms with Gasteiger partial charge in [0, 0.05) is 17.1 Å². The van der Waals surface area contributed by atoms with Gasteiger partial charge in [-0.3, -0.25) is 0 Å². The number of hydrogen-bond acceptors (Lipinski definition) is 2. The van der Waals surface area contributed by atoms with E-state index in [-0.39, 0.29) is 6.04 Å². The van der Waals surface area contributed by atoms with Crippen molar-refractivity contribution in [3.05, 3.63) is 27.7 Å². The van der Waals surface area contributed by atoms with Crippen molar-refractivity contribution in [2.75, 3.05) is 14.2 Å². The number of methoxy groups -OCH3 is 1. The van der Waals surface area contributed by atoms with Gasteiger partial charge in [0.05, 0.1) is 12.1 Å². The van der Waals surface area contributed by atoms with Gasteiger partial charge in [0.25, 0.3) is 0 Å². The summed E-state index contributed by atoms with van der Waals surface area (Å²) in [4.78, 5) is 0. The fraction of sp³-hybridized carbons (Fsp3) is 0.538. The fourth-order valence-electron chi connectivity index (χ4n) is 1.84. The van der Waals surface area contributed by atoms with Gasteiger partial charge in [0.2, 0.25) is 0 Å². The molecule has 0 heterocycles. The third kappa shape index (κ3) is 3.77. The van der Waals surface area contributed by atoms with Crippen molar-refractivity contribution in [1.82, 2.24) is 5.32 Å². The molecule has 1 unspecified atom stereocenters. The van der Waals surface area contributed by atoms with Crippen LogP contribution in [0.2, 0.25) is 10.0 Å². The molecule has 2 nitrogen and oxygen atoms in total.